The highest BCUT2D eigenvalue weighted by Crippen LogP contribution is 2.15. The number of nitrogens with two attached hydrogens (primary N) is 1. The van der Waals surface area contributed by atoms with Gasteiger partial charge in [0.2, 0.25) is 10.0 Å². The van der Waals surface area contributed by atoms with Gasteiger partial charge in [0.1, 0.15) is 10.6 Å². The van der Waals surface area contributed by atoms with Crippen molar-refractivity contribution in [3.63, 3.8) is 0 Å². The van der Waals surface area contributed by atoms with Crippen LogP contribution in [-0.4, -0.2) is 32.5 Å². The molecule has 1 aromatic heterocycles. The van der Waals surface area contributed by atoms with E-state index >= 15 is 0 Å². The molecule has 96 valence electrons. The lowest BCUT2D eigenvalue weighted by atomic mass is 10.4. The van der Waals surface area contributed by atoms with Crippen LogP contribution >= 0.6 is 0 Å². The minimum absolute atomic E-state index is 0.295. The van der Waals surface area contributed by atoms with Crippen molar-refractivity contribution >= 4 is 16.0 Å². The third kappa shape index (κ3) is 3.24. The number of rotatable bonds is 4. The number of carbonyl (C=O) groups is 1. The summed E-state index contributed by atoms with van der Waals surface area (Å²) in [5.74, 6) is -0.916. The number of hydrogen-bond donors (Lipinski definition) is 1. The first-order valence-electron chi connectivity index (χ1n) is 4.35. The van der Waals surface area contributed by atoms with Crippen molar-refractivity contribution in [3.05, 3.63) is 18.0 Å². The van der Waals surface area contributed by atoms with Crippen molar-refractivity contribution in [2.75, 3.05) is 7.11 Å². The van der Waals surface area contributed by atoms with Gasteiger partial charge in [0.05, 0.1) is 13.7 Å². The van der Waals surface area contributed by atoms with Gasteiger partial charge in [-0.25, -0.2) is 27.1 Å². The zero-order chi connectivity index (χ0) is 13.2. The van der Waals surface area contributed by atoms with E-state index in [2.05, 4.69) is 4.74 Å². The molecule has 1 heterocycles. The summed E-state index contributed by atoms with van der Waals surface area (Å²) >= 11 is 0. The molecule has 0 aliphatic carbocycles. The summed E-state index contributed by atoms with van der Waals surface area (Å²) < 4.78 is 51.6. The Morgan fingerprint density at radius 3 is 2.59 bits per heavy atom. The molecular weight excluding hydrogens is 258 g/mol. The van der Waals surface area contributed by atoms with Crippen LogP contribution in [-0.2, 0) is 21.3 Å². The first-order chi connectivity index (χ1) is 7.75. The van der Waals surface area contributed by atoms with E-state index in [0.29, 0.717) is 0 Å². The van der Waals surface area contributed by atoms with Gasteiger partial charge < -0.3 is 9.30 Å². The Bertz CT molecular complexity index is 524. The molecule has 0 amide bonds. The molecule has 0 fully saturated rings. The fraction of sp³-hybridized carbons (Fsp3) is 0.375. The first kappa shape index (κ1) is 13.6. The van der Waals surface area contributed by atoms with E-state index in [1.165, 1.54) is 0 Å². The van der Waals surface area contributed by atoms with Gasteiger partial charge in [0.25, 0.3) is 6.43 Å². The number of carbonyl (C=O) groups excluding carboxylic acids is 1. The standard InChI is InChI=1S/C8H10F2N2O4S/c1-16-8(13)6-2-5(17(11,14)15)3-12(6)4-7(9)10/h2-3,7H,4H2,1H3,(H2,11,14,15). The predicted octanol–water partition coefficient (Wildman–Crippen LogP) is 0.187. The molecule has 0 aliphatic heterocycles. The highest BCUT2D eigenvalue weighted by atomic mass is 32.2. The third-order valence-corrected chi connectivity index (χ3v) is 2.81. The van der Waals surface area contributed by atoms with Crippen molar-refractivity contribution in [3.8, 4) is 0 Å². The zero-order valence-electron chi connectivity index (χ0n) is 8.76. The largest absolute Gasteiger partial charge is 0.464 e. The highest BCUT2D eigenvalue weighted by Gasteiger charge is 2.21. The van der Waals surface area contributed by atoms with Crippen LogP contribution in [0.4, 0.5) is 8.78 Å². The van der Waals surface area contributed by atoms with Crippen molar-refractivity contribution in [2.45, 2.75) is 17.9 Å². The van der Waals surface area contributed by atoms with Crippen molar-refractivity contribution in [1.29, 1.82) is 0 Å². The van der Waals surface area contributed by atoms with Crippen LogP contribution in [0.25, 0.3) is 0 Å². The second-order valence-electron chi connectivity index (χ2n) is 3.14. The molecule has 0 radical (unpaired) electrons. The van der Waals surface area contributed by atoms with Crippen molar-refractivity contribution < 1.29 is 26.7 Å². The molecule has 9 heteroatoms. The number of sulfonamides is 1. The molecule has 6 nitrogen and oxygen atoms in total. The number of alkyl halides is 2. The summed E-state index contributed by atoms with van der Waals surface area (Å²) in [5, 5.41) is 4.83. The molecule has 17 heavy (non-hydrogen) atoms. The first-order valence-corrected chi connectivity index (χ1v) is 5.89. The van der Waals surface area contributed by atoms with E-state index in [1.54, 1.807) is 0 Å². The molecule has 0 spiro atoms. The van der Waals surface area contributed by atoms with Gasteiger partial charge in [-0.05, 0) is 6.07 Å². The van der Waals surface area contributed by atoms with Gasteiger partial charge in [-0.2, -0.15) is 0 Å². The smallest absolute Gasteiger partial charge is 0.354 e. The number of halogens is 2. The molecule has 0 aliphatic rings. The summed E-state index contributed by atoms with van der Waals surface area (Å²) in [7, 11) is -3.00. The van der Waals surface area contributed by atoms with Gasteiger partial charge in [-0.15, -0.1) is 0 Å². The minimum atomic E-state index is -4.06. The average Bonchev–Trinajstić information content (AvgIpc) is 2.59. The lowest BCUT2D eigenvalue weighted by Gasteiger charge is -2.05. The van der Waals surface area contributed by atoms with Crippen LogP contribution in [0.15, 0.2) is 17.2 Å². The summed E-state index contributed by atoms with van der Waals surface area (Å²) in [6, 6.07) is 0.892. The Kier molecular flexibility index (Phi) is 3.83. The molecule has 0 aromatic carbocycles. The molecular formula is C8H10F2N2O4S. The van der Waals surface area contributed by atoms with E-state index in [9.17, 15) is 22.0 Å². The number of esters is 1. The van der Waals surface area contributed by atoms with Crippen LogP contribution in [0.1, 0.15) is 10.5 Å². The second-order valence-corrected chi connectivity index (χ2v) is 4.70. The third-order valence-electron chi connectivity index (χ3n) is 1.93. The van der Waals surface area contributed by atoms with Crippen LogP contribution in [0, 0.1) is 0 Å². The van der Waals surface area contributed by atoms with Gasteiger partial charge in [0, 0.05) is 6.20 Å². The average molecular weight is 268 g/mol. The van der Waals surface area contributed by atoms with E-state index in [0.717, 1.165) is 23.9 Å². The molecule has 1 rings (SSSR count). The molecule has 0 saturated heterocycles. The minimum Gasteiger partial charge on any atom is -0.464 e. The molecule has 2 N–H and O–H groups in total. The Labute approximate surface area is 96.0 Å². The maximum atomic E-state index is 12.2. The second kappa shape index (κ2) is 4.80. The van der Waals surface area contributed by atoms with Gasteiger partial charge >= 0.3 is 5.97 Å². The number of aromatic nitrogens is 1. The normalized spacial score (nSPS) is 11.8. The van der Waals surface area contributed by atoms with Crippen LogP contribution in [0.3, 0.4) is 0 Å². The van der Waals surface area contributed by atoms with Gasteiger partial charge in [0.15, 0.2) is 0 Å². The number of nitrogens with zero attached hydrogens (tertiary/aromatic N) is 1. The number of methoxy groups -OCH3 is 1. The lowest BCUT2D eigenvalue weighted by molar-refractivity contribution is 0.0580. The molecule has 0 bridgehead atoms. The maximum Gasteiger partial charge on any atom is 0.354 e. The topological polar surface area (TPSA) is 91.4 Å². The Morgan fingerprint density at radius 2 is 2.18 bits per heavy atom. The fourth-order valence-electron chi connectivity index (χ4n) is 1.21. The molecule has 0 unspecified atom stereocenters. The summed E-state index contributed by atoms with van der Waals surface area (Å²) in [6.07, 6.45) is -1.87. The van der Waals surface area contributed by atoms with Crippen LogP contribution in [0.5, 0.6) is 0 Å². The zero-order valence-corrected chi connectivity index (χ0v) is 9.58. The monoisotopic (exact) mass is 268 g/mol. The highest BCUT2D eigenvalue weighted by molar-refractivity contribution is 7.89. The summed E-state index contributed by atoms with van der Waals surface area (Å²) in [6.45, 7) is -0.819. The maximum absolute atomic E-state index is 12.2. The molecule has 0 saturated carbocycles. The molecule has 1 aromatic rings. The Balaban J connectivity index is 3.26. The fourth-order valence-corrected chi connectivity index (χ4v) is 1.76. The molecule has 0 atom stereocenters. The number of hydrogen-bond acceptors (Lipinski definition) is 4. The number of primary sulfonamides is 1. The van der Waals surface area contributed by atoms with Gasteiger partial charge in [-0.3, -0.25) is 0 Å². The van der Waals surface area contributed by atoms with Crippen LogP contribution < -0.4 is 5.14 Å². The van der Waals surface area contributed by atoms with Crippen molar-refractivity contribution in [1.82, 2.24) is 4.57 Å². The predicted molar refractivity (Wildman–Crippen MR) is 53.1 cm³/mol. The number of ether oxygens (including phenoxy) is 1. The summed E-state index contributed by atoms with van der Waals surface area (Å²) in [5.41, 5.74) is -0.295. The lowest BCUT2D eigenvalue weighted by Crippen LogP contribution is -2.13. The van der Waals surface area contributed by atoms with E-state index in [4.69, 9.17) is 5.14 Å². The van der Waals surface area contributed by atoms with E-state index in [1.807, 2.05) is 0 Å². The SMILES string of the molecule is COC(=O)c1cc(S(N)(=O)=O)cn1CC(F)F. The quantitative estimate of drug-likeness (QED) is 0.789. The summed E-state index contributed by atoms with van der Waals surface area (Å²) in [4.78, 5) is 10.8. The van der Waals surface area contributed by atoms with E-state index < -0.39 is 33.9 Å². The Hall–Kier alpha value is -1.48. The Morgan fingerprint density at radius 1 is 1.59 bits per heavy atom. The van der Waals surface area contributed by atoms with E-state index in [-0.39, 0.29) is 5.69 Å². The van der Waals surface area contributed by atoms with Crippen LogP contribution in [0.2, 0.25) is 0 Å². The van der Waals surface area contributed by atoms with Gasteiger partial charge in [-0.1, -0.05) is 0 Å². The van der Waals surface area contributed by atoms with Crippen molar-refractivity contribution in [2.24, 2.45) is 5.14 Å².